The lowest BCUT2D eigenvalue weighted by molar-refractivity contribution is -0.129. The molecule has 0 saturated carbocycles. The van der Waals surface area contributed by atoms with Gasteiger partial charge in [-0.2, -0.15) is 5.10 Å². The molecule has 0 fully saturated rings. The third kappa shape index (κ3) is 4.80. The van der Waals surface area contributed by atoms with Crippen molar-refractivity contribution in [1.82, 2.24) is 30.2 Å². The van der Waals surface area contributed by atoms with Gasteiger partial charge in [0.1, 0.15) is 46.7 Å². The third-order valence-corrected chi connectivity index (χ3v) is 6.51. The molecule has 0 radical (unpaired) electrons. The molecule has 2 unspecified atom stereocenters. The molecule has 4 heterocycles. The van der Waals surface area contributed by atoms with Gasteiger partial charge in [0.25, 0.3) is 0 Å². The van der Waals surface area contributed by atoms with Crippen LogP contribution in [0.5, 0.6) is 0 Å². The minimum absolute atomic E-state index is 0.000905. The van der Waals surface area contributed by atoms with Crippen LogP contribution in [0.3, 0.4) is 0 Å². The summed E-state index contributed by atoms with van der Waals surface area (Å²) in [6.45, 7) is 1.24. The molecule has 1 amide bonds. The Hall–Kier alpha value is -4.40. The van der Waals surface area contributed by atoms with Gasteiger partial charge in [-0.1, -0.05) is 23.4 Å². The monoisotopic (exact) mass is 538 g/mol. The van der Waals surface area contributed by atoms with E-state index in [0.717, 1.165) is 0 Å². The number of benzene rings is 1. The van der Waals surface area contributed by atoms with Crippen molar-refractivity contribution >= 4 is 17.5 Å². The first-order valence-corrected chi connectivity index (χ1v) is 12.2. The number of aromatic nitrogens is 5. The van der Waals surface area contributed by atoms with Gasteiger partial charge in [-0.25, -0.2) is 14.4 Å². The van der Waals surface area contributed by atoms with E-state index in [2.05, 4.69) is 36.2 Å². The summed E-state index contributed by atoms with van der Waals surface area (Å²) >= 11 is 0. The Morgan fingerprint density at radius 1 is 1.18 bits per heavy atom. The van der Waals surface area contributed by atoms with E-state index in [1.165, 1.54) is 19.3 Å². The molecule has 1 aliphatic heterocycles. The highest BCUT2D eigenvalue weighted by Crippen LogP contribution is 2.44. The molecule has 3 aromatic heterocycles. The maximum Gasteiger partial charge on any atom is 0.235 e. The van der Waals surface area contributed by atoms with Crippen molar-refractivity contribution in [3.05, 3.63) is 59.6 Å². The highest BCUT2D eigenvalue weighted by molar-refractivity contribution is 5.94. The number of amides is 1. The standard InChI is InChI=1S/C25H27FN8O5/c1-25(23(37)28-8-10-36)19-21(27-7-9-35)29-20(30-22(19)31-24(25)38)17-12-18(16-6-11-39-33-16)34(32-17)13-14-4-2-3-5-15(14)26/h2-6,11-12,24,35-36,38H,7-10,13H2,1H3,(H,28,37)(H2,27,29,30,31). The average molecular weight is 539 g/mol. The minimum Gasteiger partial charge on any atom is -0.395 e. The Balaban J connectivity index is 1.61. The maximum absolute atomic E-state index is 14.4. The number of halogens is 1. The van der Waals surface area contributed by atoms with E-state index in [4.69, 9.17) is 9.63 Å². The van der Waals surface area contributed by atoms with Crippen molar-refractivity contribution in [2.75, 3.05) is 36.9 Å². The molecule has 13 nitrogen and oxygen atoms in total. The normalized spacial score (nSPS) is 18.0. The van der Waals surface area contributed by atoms with Crippen LogP contribution in [0.2, 0.25) is 0 Å². The fraction of sp³-hybridized carbons (Fsp3) is 0.320. The molecule has 0 aliphatic carbocycles. The van der Waals surface area contributed by atoms with Crippen LogP contribution in [0.25, 0.3) is 22.9 Å². The lowest BCUT2D eigenvalue weighted by atomic mass is 9.82. The number of hydrogen-bond donors (Lipinski definition) is 6. The van der Waals surface area contributed by atoms with Crippen LogP contribution in [-0.4, -0.2) is 78.7 Å². The smallest absolute Gasteiger partial charge is 0.235 e. The molecule has 5 rings (SSSR count). The molecule has 0 saturated heterocycles. The Morgan fingerprint density at radius 3 is 2.69 bits per heavy atom. The molecular formula is C25H27FN8O5. The number of nitrogens with one attached hydrogen (secondary N) is 3. The Kier molecular flexibility index (Phi) is 7.24. The molecule has 4 aromatic rings. The summed E-state index contributed by atoms with van der Waals surface area (Å²) in [6.07, 6.45) is 0.0569. The van der Waals surface area contributed by atoms with E-state index in [-0.39, 0.29) is 56.1 Å². The predicted octanol–water partition coefficient (Wildman–Crippen LogP) is 0.697. The number of rotatable bonds is 10. The van der Waals surface area contributed by atoms with Gasteiger partial charge in [-0.15, -0.1) is 0 Å². The summed E-state index contributed by atoms with van der Waals surface area (Å²) in [7, 11) is 0. The highest BCUT2D eigenvalue weighted by atomic mass is 19.1. The zero-order valence-electron chi connectivity index (χ0n) is 20.9. The second-order valence-corrected chi connectivity index (χ2v) is 9.05. The maximum atomic E-state index is 14.4. The van der Waals surface area contributed by atoms with E-state index < -0.39 is 17.6 Å². The van der Waals surface area contributed by atoms with Crippen molar-refractivity contribution in [2.45, 2.75) is 25.1 Å². The molecule has 0 spiro atoms. The summed E-state index contributed by atoms with van der Waals surface area (Å²) in [4.78, 5) is 22.2. The van der Waals surface area contributed by atoms with Crippen molar-refractivity contribution in [1.29, 1.82) is 0 Å². The molecule has 1 aliphatic rings. The van der Waals surface area contributed by atoms with Gasteiger partial charge in [0, 0.05) is 24.7 Å². The number of fused-ring (bicyclic) bond motifs is 1. The lowest BCUT2D eigenvalue weighted by Gasteiger charge is -2.27. The summed E-state index contributed by atoms with van der Waals surface area (Å²) in [5.74, 6) is -0.378. The largest absolute Gasteiger partial charge is 0.395 e. The van der Waals surface area contributed by atoms with Gasteiger partial charge in [0.2, 0.25) is 5.91 Å². The van der Waals surface area contributed by atoms with Gasteiger partial charge >= 0.3 is 0 Å². The van der Waals surface area contributed by atoms with E-state index in [1.54, 1.807) is 35.0 Å². The topological polar surface area (TPSA) is 183 Å². The molecule has 0 bridgehead atoms. The van der Waals surface area contributed by atoms with Crippen LogP contribution in [-0.2, 0) is 16.8 Å². The van der Waals surface area contributed by atoms with Gasteiger partial charge in [0.15, 0.2) is 5.82 Å². The summed E-state index contributed by atoms with van der Waals surface area (Å²) < 4.78 is 21.0. The molecule has 2 atom stereocenters. The van der Waals surface area contributed by atoms with Crippen LogP contribution in [0.15, 0.2) is 47.2 Å². The molecule has 1 aromatic carbocycles. The molecule has 14 heteroatoms. The van der Waals surface area contributed by atoms with Crippen LogP contribution in [0, 0.1) is 5.82 Å². The summed E-state index contributed by atoms with van der Waals surface area (Å²) in [6, 6.07) is 9.67. The lowest BCUT2D eigenvalue weighted by Crippen LogP contribution is -2.50. The minimum atomic E-state index is -1.50. The van der Waals surface area contributed by atoms with Crippen molar-refractivity contribution in [3.8, 4) is 22.9 Å². The van der Waals surface area contributed by atoms with Crippen molar-refractivity contribution in [3.63, 3.8) is 0 Å². The van der Waals surface area contributed by atoms with Gasteiger partial charge in [-0.3, -0.25) is 9.48 Å². The quantitative estimate of drug-likeness (QED) is 0.167. The number of carbonyl (C=O) groups excluding carboxylic acids is 1. The van der Waals surface area contributed by atoms with E-state index >= 15 is 0 Å². The second-order valence-electron chi connectivity index (χ2n) is 9.05. The van der Waals surface area contributed by atoms with Gasteiger partial charge in [-0.05, 0) is 19.1 Å². The predicted molar refractivity (Wildman–Crippen MR) is 137 cm³/mol. The van der Waals surface area contributed by atoms with Gasteiger partial charge in [0.05, 0.1) is 31.0 Å². The first-order chi connectivity index (χ1) is 18.9. The molecule has 39 heavy (non-hydrogen) atoms. The van der Waals surface area contributed by atoms with Crippen LogP contribution in [0.4, 0.5) is 16.0 Å². The SMILES string of the molecule is CC1(C(=O)NCCO)c2c(NCCO)nc(-c3cc(-c4ccon4)n(Cc4ccccc4F)n3)nc2NC1O. The second kappa shape index (κ2) is 10.8. The first kappa shape index (κ1) is 26.2. The molecule has 6 N–H and O–H groups in total. The molecule has 204 valence electrons. The van der Waals surface area contributed by atoms with Crippen molar-refractivity contribution in [2.24, 2.45) is 0 Å². The zero-order valence-corrected chi connectivity index (χ0v) is 20.9. The number of aliphatic hydroxyl groups is 3. The fourth-order valence-corrected chi connectivity index (χ4v) is 4.46. The van der Waals surface area contributed by atoms with Crippen molar-refractivity contribution < 1.29 is 29.0 Å². The number of hydrogen-bond acceptors (Lipinski definition) is 11. The fourth-order valence-electron chi connectivity index (χ4n) is 4.46. The third-order valence-electron chi connectivity index (χ3n) is 6.51. The average Bonchev–Trinajstić information content (AvgIpc) is 3.66. The summed E-state index contributed by atoms with van der Waals surface area (Å²) in [5.41, 5.74) is 0.505. The van der Waals surface area contributed by atoms with Crippen LogP contribution >= 0.6 is 0 Å². The van der Waals surface area contributed by atoms with E-state index in [1.807, 2.05) is 0 Å². The Labute approximate surface area is 221 Å². The number of carbonyl (C=O) groups is 1. The zero-order chi connectivity index (χ0) is 27.6. The van der Waals surface area contributed by atoms with E-state index in [0.29, 0.717) is 28.2 Å². The number of aliphatic hydroxyl groups excluding tert-OH is 3. The summed E-state index contributed by atoms with van der Waals surface area (Å²) in [5, 5.41) is 46.5. The Bertz CT molecular complexity index is 1480. The first-order valence-electron chi connectivity index (χ1n) is 12.2. The van der Waals surface area contributed by atoms with Gasteiger partial charge < -0.3 is 35.8 Å². The van der Waals surface area contributed by atoms with Crippen LogP contribution < -0.4 is 16.0 Å². The number of anilines is 2. The number of nitrogens with zero attached hydrogens (tertiary/aromatic N) is 5. The van der Waals surface area contributed by atoms with Crippen LogP contribution in [0.1, 0.15) is 18.1 Å². The highest BCUT2D eigenvalue weighted by Gasteiger charge is 2.51. The Morgan fingerprint density at radius 2 is 1.97 bits per heavy atom. The molecular weight excluding hydrogens is 511 g/mol. The van der Waals surface area contributed by atoms with E-state index in [9.17, 15) is 19.4 Å².